The molecule has 2 nitrogen and oxygen atoms in total. The lowest BCUT2D eigenvalue weighted by atomic mass is 10.1. The molecule has 0 aliphatic heterocycles. The Morgan fingerprint density at radius 1 is 1.05 bits per heavy atom. The highest BCUT2D eigenvalue weighted by molar-refractivity contribution is 7.15. The molecule has 0 radical (unpaired) electrons. The summed E-state index contributed by atoms with van der Waals surface area (Å²) in [5.74, 6) is 0. The van der Waals surface area contributed by atoms with Gasteiger partial charge in [0.1, 0.15) is 5.01 Å². The Labute approximate surface area is 120 Å². The van der Waals surface area contributed by atoms with Crippen LogP contribution in [0.4, 0.5) is 0 Å². The lowest BCUT2D eigenvalue weighted by Gasteiger charge is -1.98. The average Bonchev–Trinajstić information content (AvgIpc) is 2.83. The molecule has 0 amide bonds. The molecule has 0 spiro atoms. The van der Waals surface area contributed by atoms with Gasteiger partial charge in [0.2, 0.25) is 0 Å². The highest BCUT2D eigenvalue weighted by Crippen LogP contribution is 2.33. The Balaban J connectivity index is 2.05. The van der Waals surface area contributed by atoms with Crippen LogP contribution in [0.2, 0.25) is 5.02 Å². The average molecular weight is 287 g/mol. The second-order valence-corrected chi connectivity index (χ2v) is 5.81. The van der Waals surface area contributed by atoms with Crippen molar-refractivity contribution in [2.45, 2.75) is 6.92 Å². The third-order valence-corrected chi connectivity index (χ3v) is 4.09. The second-order valence-electron chi connectivity index (χ2n) is 4.17. The molecule has 0 bridgehead atoms. The third-order valence-electron chi connectivity index (χ3n) is 2.82. The van der Waals surface area contributed by atoms with Crippen molar-refractivity contribution in [3.8, 4) is 21.8 Å². The van der Waals surface area contributed by atoms with E-state index in [4.69, 9.17) is 16.6 Å². The topological polar surface area (TPSA) is 25.8 Å². The molecule has 94 valence electrons. The molecule has 4 heteroatoms. The lowest BCUT2D eigenvalue weighted by molar-refractivity contribution is 1.31. The number of aryl methyl sites for hydroxylation is 1. The van der Waals surface area contributed by atoms with E-state index in [9.17, 15) is 0 Å². The summed E-state index contributed by atoms with van der Waals surface area (Å²) in [4.78, 5) is 10.0. The molecule has 0 unspecified atom stereocenters. The van der Waals surface area contributed by atoms with Gasteiger partial charge in [-0.15, -0.1) is 11.3 Å². The van der Waals surface area contributed by atoms with Crippen LogP contribution in [0.1, 0.15) is 4.88 Å². The Kier molecular flexibility index (Phi) is 3.32. The lowest BCUT2D eigenvalue weighted by Crippen LogP contribution is -1.81. The summed E-state index contributed by atoms with van der Waals surface area (Å²) in [5, 5.41) is 1.74. The van der Waals surface area contributed by atoms with Gasteiger partial charge in [-0.3, -0.25) is 4.98 Å². The van der Waals surface area contributed by atoms with Crippen LogP contribution in [0.25, 0.3) is 21.8 Å². The van der Waals surface area contributed by atoms with E-state index in [1.54, 1.807) is 17.5 Å². The number of hydrogen-bond acceptors (Lipinski definition) is 3. The molecule has 0 N–H and O–H groups in total. The van der Waals surface area contributed by atoms with Crippen molar-refractivity contribution in [2.24, 2.45) is 0 Å². The van der Waals surface area contributed by atoms with Crippen molar-refractivity contribution in [3.05, 3.63) is 58.7 Å². The van der Waals surface area contributed by atoms with Gasteiger partial charge >= 0.3 is 0 Å². The fraction of sp³-hybridized carbons (Fsp3) is 0.0667. The number of hydrogen-bond donors (Lipinski definition) is 0. The fourth-order valence-corrected chi connectivity index (χ4v) is 2.94. The highest BCUT2D eigenvalue weighted by atomic mass is 35.5. The monoisotopic (exact) mass is 286 g/mol. The molecule has 19 heavy (non-hydrogen) atoms. The summed E-state index contributed by atoms with van der Waals surface area (Å²) in [6, 6.07) is 11.7. The number of aromatic nitrogens is 2. The zero-order valence-corrected chi connectivity index (χ0v) is 11.9. The van der Waals surface area contributed by atoms with E-state index in [2.05, 4.69) is 11.9 Å². The minimum Gasteiger partial charge on any atom is -0.264 e. The van der Waals surface area contributed by atoms with Gasteiger partial charge in [-0.05, 0) is 31.2 Å². The predicted molar refractivity (Wildman–Crippen MR) is 80.5 cm³/mol. The number of halogens is 1. The van der Waals surface area contributed by atoms with E-state index >= 15 is 0 Å². The maximum atomic E-state index is 5.91. The largest absolute Gasteiger partial charge is 0.264 e. The van der Waals surface area contributed by atoms with E-state index in [0.717, 1.165) is 26.9 Å². The number of rotatable bonds is 2. The molecule has 0 saturated carbocycles. The summed E-state index contributed by atoms with van der Waals surface area (Å²) in [7, 11) is 0. The maximum Gasteiger partial charge on any atom is 0.125 e. The summed E-state index contributed by atoms with van der Waals surface area (Å²) in [6.45, 7) is 2.08. The van der Waals surface area contributed by atoms with E-state index in [1.165, 1.54) is 4.88 Å². The molecule has 0 atom stereocenters. The van der Waals surface area contributed by atoms with Crippen molar-refractivity contribution in [3.63, 3.8) is 0 Å². The van der Waals surface area contributed by atoms with E-state index in [0.29, 0.717) is 0 Å². The normalized spacial score (nSPS) is 10.6. The zero-order valence-electron chi connectivity index (χ0n) is 10.3. The number of thiazole rings is 1. The minimum atomic E-state index is 0.740. The summed E-state index contributed by atoms with van der Waals surface area (Å²) in [5.41, 5.74) is 3.16. The van der Waals surface area contributed by atoms with E-state index in [-0.39, 0.29) is 0 Å². The zero-order chi connectivity index (χ0) is 13.2. The molecule has 0 aliphatic carbocycles. The van der Waals surface area contributed by atoms with Crippen LogP contribution in [-0.2, 0) is 0 Å². The van der Waals surface area contributed by atoms with Crippen molar-refractivity contribution < 1.29 is 0 Å². The van der Waals surface area contributed by atoms with Gasteiger partial charge in [-0.2, -0.15) is 0 Å². The Hall–Kier alpha value is -1.71. The molecule has 2 aromatic heterocycles. The summed E-state index contributed by atoms with van der Waals surface area (Å²) < 4.78 is 0. The molecule has 0 fully saturated rings. The van der Waals surface area contributed by atoms with Crippen LogP contribution in [0, 0.1) is 6.92 Å². The van der Waals surface area contributed by atoms with Crippen molar-refractivity contribution in [2.75, 3.05) is 0 Å². The van der Waals surface area contributed by atoms with Gasteiger partial charge < -0.3 is 0 Å². The molecule has 2 heterocycles. The van der Waals surface area contributed by atoms with Crippen molar-refractivity contribution in [1.29, 1.82) is 0 Å². The smallest absolute Gasteiger partial charge is 0.125 e. The Morgan fingerprint density at radius 3 is 2.53 bits per heavy atom. The first kappa shape index (κ1) is 12.3. The molecule has 0 aliphatic rings. The van der Waals surface area contributed by atoms with Crippen molar-refractivity contribution in [1.82, 2.24) is 9.97 Å². The van der Waals surface area contributed by atoms with Crippen LogP contribution >= 0.6 is 22.9 Å². The van der Waals surface area contributed by atoms with Gasteiger partial charge in [-0.25, -0.2) is 4.98 Å². The predicted octanol–water partition coefficient (Wildman–Crippen LogP) is 4.83. The Morgan fingerprint density at radius 2 is 1.84 bits per heavy atom. The van der Waals surface area contributed by atoms with Gasteiger partial charge in [0.25, 0.3) is 0 Å². The molecule has 1 aromatic carbocycles. The second kappa shape index (κ2) is 5.11. The van der Waals surface area contributed by atoms with Crippen LogP contribution in [-0.4, -0.2) is 9.97 Å². The molecular formula is C15H11ClN2S. The molecular weight excluding hydrogens is 276 g/mol. The van der Waals surface area contributed by atoms with Crippen LogP contribution < -0.4 is 0 Å². The number of pyridine rings is 1. The number of nitrogens with zero attached hydrogens (tertiary/aromatic N) is 2. The quantitative estimate of drug-likeness (QED) is 0.674. The first-order valence-corrected chi connectivity index (χ1v) is 7.07. The van der Waals surface area contributed by atoms with Crippen LogP contribution in [0.3, 0.4) is 0 Å². The Bertz CT molecular complexity index is 690. The van der Waals surface area contributed by atoms with Crippen molar-refractivity contribution >= 4 is 22.9 Å². The van der Waals surface area contributed by atoms with Crippen LogP contribution in [0.15, 0.2) is 48.8 Å². The van der Waals surface area contributed by atoms with E-state index < -0.39 is 0 Å². The van der Waals surface area contributed by atoms with Gasteiger partial charge in [-0.1, -0.05) is 23.7 Å². The number of benzene rings is 1. The maximum absolute atomic E-state index is 5.91. The van der Waals surface area contributed by atoms with Gasteiger partial charge in [0, 0.05) is 33.4 Å². The first-order chi connectivity index (χ1) is 9.24. The highest BCUT2D eigenvalue weighted by Gasteiger charge is 2.11. The SMILES string of the molecule is Cc1sc(-c2cccnc2)nc1-c1ccc(Cl)cc1. The fourth-order valence-electron chi connectivity index (χ4n) is 1.88. The standard InChI is InChI=1S/C15H11ClN2S/c1-10-14(11-4-6-13(16)7-5-11)18-15(19-10)12-3-2-8-17-9-12/h2-9H,1H3. The van der Waals surface area contributed by atoms with Crippen LogP contribution in [0.5, 0.6) is 0 Å². The third kappa shape index (κ3) is 2.53. The van der Waals surface area contributed by atoms with Gasteiger partial charge in [0.05, 0.1) is 5.69 Å². The van der Waals surface area contributed by atoms with Gasteiger partial charge in [0.15, 0.2) is 0 Å². The van der Waals surface area contributed by atoms with E-state index in [1.807, 2.05) is 42.6 Å². The summed E-state index contributed by atoms with van der Waals surface area (Å²) >= 11 is 7.60. The molecule has 3 rings (SSSR count). The molecule has 3 aromatic rings. The summed E-state index contributed by atoms with van der Waals surface area (Å²) in [6.07, 6.45) is 3.61. The minimum absolute atomic E-state index is 0.740. The molecule has 0 saturated heterocycles. The first-order valence-electron chi connectivity index (χ1n) is 5.88.